The molecule has 132 valence electrons. The first kappa shape index (κ1) is 18.5. The van der Waals surface area contributed by atoms with Crippen LogP contribution in [0.5, 0.6) is 5.75 Å². The number of nitrogens with zero attached hydrogens (tertiary/aromatic N) is 1. The lowest BCUT2D eigenvalue weighted by atomic mass is 10.1. The first-order chi connectivity index (χ1) is 12.1. The number of amides is 2. The van der Waals surface area contributed by atoms with E-state index in [1.165, 1.54) is 0 Å². The topological polar surface area (TPSA) is 72.6 Å². The minimum atomic E-state index is -0.428. The van der Waals surface area contributed by atoms with Gasteiger partial charge in [0.2, 0.25) is 5.91 Å². The van der Waals surface area contributed by atoms with E-state index in [2.05, 4.69) is 0 Å². The summed E-state index contributed by atoms with van der Waals surface area (Å²) in [6, 6.07) is 17.3. The lowest BCUT2D eigenvalue weighted by molar-refractivity contribution is -0.134. The fraction of sp³-hybridized carbons (Fsp3) is 0.300. The van der Waals surface area contributed by atoms with Crippen LogP contribution in [0.3, 0.4) is 0 Å². The predicted octanol–water partition coefficient (Wildman–Crippen LogP) is 2.53. The van der Waals surface area contributed by atoms with Crippen LogP contribution in [0.4, 0.5) is 0 Å². The maximum absolute atomic E-state index is 12.6. The summed E-state index contributed by atoms with van der Waals surface area (Å²) in [5, 5.41) is 0. The summed E-state index contributed by atoms with van der Waals surface area (Å²) in [4.78, 5) is 25.3. The van der Waals surface area contributed by atoms with Crippen molar-refractivity contribution in [3.05, 3.63) is 65.7 Å². The van der Waals surface area contributed by atoms with Gasteiger partial charge in [0.15, 0.2) is 6.61 Å². The molecule has 2 aromatic carbocycles. The summed E-state index contributed by atoms with van der Waals surface area (Å²) in [5.41, 5.74) is 7.28. The van der Waals surface area contributed by atoms with Gasteiger partial charge in [-0.25, -0.2) is 0 Å². The Morgan fingerprint density at radius 2 is 1.72 bits per heavy atom. The minimum absolute atomic E-state index is 0.0669. The third-order valence-corrected chi connectivity index (χ3v) is 3.90. The van der Waals surface area contributed by atoms with E-state index >= 15 is 0 Å². The van der Waals surface area contributed by atoms with Gasteiger partial charge in [-0.15, -0.1) is 0 Å². The number of rotatable bonds is 9. The molecule has 0 radical (unpaired) electrons. The van der Waals surface area contributed by atoms with Gasteiger partial charge in [0.1, 0.15) is 5.75 Å². The normalized spacial score (nSPS) is 10.3. The zero-order valence-corrected chi connectivity index (χ0v) is 14.5. The van der Waals surface area contributed by atoms with Gasteiger partial charge in [0.25, 0.3) is 5.91 Å². The van der Waals surface area contributed by atoms with Crippen molar-refractivity contribution in [1.29, 1.82) is 0 Å². The highest BCUT2D eigenvalue weighted by Gasteiger charge is 2.16. The molecule has 2 amide bonds. The van der Waals surface area contributed by atoms with Crippen LogP contribution in [0.25, 0.3) is 0 Å². The van der Waals surface area contributed by atoms with Gasteiger partial charge in [-0.2, -0.15) is 0 Å². The second-order valence-electron chi connectivity index (χ2n) is 5.77. The van der Waals surface area contributed by atoms with Gasteiger partial charge in [0.05, 0.1) is 0 Å². The zero-order chi connectivity index (χ0) is 18.1. The Labute approximate surface area is 148 Å². The molecule has 25 heavy (non-hydrogen) atoms. The van der Waals surface area contributed by atoms with Gasteiger partial charge >= 0.3 is 0 Å². The van der Waals surface area contributed by atoms with E-state index in [1.807, 2.05) is 61.5 Å². The van der Waals surface area contributed by atoms with Crippen molar-refractivity contribution in [2.45, 2.75) is 26.3 Å². The molecule has 5 heteroatoms. The largest absolute Gasteiger partial charge is 0.483 e. The van der Waals surface area contributed by atoms with E-state index in [4.69, 9.17) is 10.5 Å². The van der Waals surface area contributed by atoms with Crippen LogP contribution in [-0.4, -0.2) is 29.9 Å². The minimum Gasteiger partial charge on any atom is -0.483 e. The molecule has 0 saturated heterocycles. The van der Waals surface area contributed by atoms with E-state index in [-0.39, 0.29) is 25.5 Å². The van der Waals surface area contributed by atoms with E-state index < -0.39 is 5.91 Å². The molecule has 0 aliphatic carbocycles. The molecule has 0 saturated carbocycles. The Morgan fingerprint density at radius 3 is 2.40 bits per heavy atom. The van der Waals surface area contributed by atoms with Crippen molar-refractivity contribution in [2.24, 2.45) is 5.73 Å². The summed E-state index contributed by atoms with van der Waals surface area (Å²) >= 11 is 0. The maximum Gasteiger partial charge on any atom is 0.260 e. The van der Waals surface area contributed by atoms with Crippen molar-refractivity contribution in [1.82, 2.24) is 4.90 Å². The van der Waals surface area contributed by atoms with Gasteiger partial charge in [-0.3, -0.25) is 9.59 Å². The van der Waals surface area contributed by atoms with Crippen molar-refractivity contribution in [2.75, 3.05) is 13.2 Å². The molecule has 0 aliphatic rings. The summed E-state index contributed by atoms with van der Waals surface area (Å²) in [7, 11) is 0. The SMILES string of the molecule is CCc1ccccc1OCC(=O)N(CCC(N)=O)Cc1ccccc1. The summed E-state index contributed by atoms with van der Waals surface area (Å²) in [5.74, 6) is 0.118. The van der Waals surface area contributed by atoms with E-state index in [0.29, 0.717) is 12.3 Å². The smallest absolute Gasteiger partial charge is 0.260 e. The Bertz CT molecular complexity index is 701. The molecule has 2 rings (SSSR count). The number of hydrogen-bond acceptors (Lipinski definition) is 3. The van der Waals surface area contributed by atoms with Gasteiger partial charge in [-0.05, 0) is 23.6 Å². The van der Waals surface area contributed by atoms with E-state index in [1.54, 1.807) is 4.90 Å². The van der Waals surface area contributed by atoms with Crippen LogP contribution in [0.1, 0.15) is 24.5 Å². The summed E-state index contributed by atoms with van der Waals surface area (Å²) in [6.45, 7) is 2.68. The first-order valence-electron chi connectivity index (χ1n) is 8.41. The molecule has 0 atom stereocenters. The number of carbonyl (C=O) groups excluding carboxylic acids is 2. The number of hydrogen-bond donors (Lipinski definition) is 1. The maximum atomic E-state index is 12.6. The monoisotopic (exact) mass is 340 g/mol. The lowest BCUT2D eigenvalue weighted by Crippen LogP contribution is -2.36. The standard InChI is InChI=1S/C20H24N2O3/c1-2-17-10-6-7-11-18(17)25-15-20(24)22(13-12-19(21)23)14-16-8-4-3-5-9-16/h3-11H,2,12-15H2,1H3,(H2,21,23). The van der Waals surface area contributed by atoms with Crippen LogP contribution in [0, 0.1) is 0 Å². The summed E-state index contributed by atoms with van der Waals surface area (Å²) in [6.07, 6.45) is 0.962. The average Bonchev–Trinajstić information content (AvgIpc) is 2.64. The van der Waals surface area contributed by atoms with Crippen molar-refractivity contribution < 1.29 is 14.3 Å². The average molecular weight is 340 g/mol. The number of nitrogens with two attached hydrogens (primary N) is 1. The first-order valence-corrected chi connectivity index (χ1v) is 8.41. The quantitative estimate of drug-likeness (QED) is 0.762. The molecule has 2 N–H and O–H groups in total. The van der Waals surface area contributed by atoms with Crippen molar-refractivity contribution in [3.63, 3.8) is 0 Å². The van der Waals surface area contributed by atoms with Crippen LogP contribution < -0.4 is 10.5 Å². The fourth-order valence-electron chi connectivity index (χ4n) is 2.51. The number of primary amides is 1. The van der Waals surface area contributed by atoms with Gasteiger partial charge in [0, 0.05) is 19.5 Å². The second kappa shape index (κ2) is 9.47. The predicted molar refractivity (Wildman–Crippen MR) is 97.0 cm³/mol. The molecular formula is C20H24N2O3. The molecule has 0 unspecified atom stereocenters. The number of para-hydroxylation sites is 1. The molecule has 2 aromatic rings. The molecular weight excluding hydrogens is 316 g/mol. The number of aryl methyl sites for hydroxylation is 1. The molecule has 0 spiro atoms. The number of benzene rings is 2. The van der Waals surface area contributed by atoms with Crippen LogP contribution in [0.15, 0.2) is 54.6 Å². The molecule has 5 nitrogen and oxygen atoms in total. The van der Waals surface area contributed by atoms with Crippen molar-refractivity contribution in [3.8, 4) is 5.75 Å². The van der Waals surface area contributed by atoms with Crippen LogP contribution in [-0.2, 0) is 22.6 Å². The highest BCUT2D eigenvalue weighted by atomic mass is 16.5. The lowest BCUT2D eigenvalue weighted by Gasteiger charge is -2.23. The Morgan fingerprint density at radius 1 is 1.04 bits per heavy atom. The Kier molecular flexibility index (Phi) is 7.01. The molecule has 0 fully saturated rings. The van der Waals surface area contributed by atoms with Crippen molar-refractivity contribution >= 4 is 11.8 Å². The number of carbonyl (C=O) groups is 2. The Hall–Kier alpha value is -2.82. The van der Waals surface area contributed by atoms with Crippen LogP contribution >= 0.6 is 0 Å². The summed E-state index contributed by atoms with van der Waals surface area (Å²) < 4.78 is 5.71. The Balaban J connectivity index is 2.02. The zero-order valence-electron chi connectivity index (χ0n) is 14.5. The van der Waals surface area contributed by atoms with Gasteiger partial charge in [-0.1, -0.05) is 55.5 Å². The third kappa shape index (κ3) is 5.95. The third-order valence-electron chi connectivity index (χ3n) is 3.90. The molecule has 0 aliphatic heterocycles. The highest BCUT2D eigenvalue weighted by molar-refractivity contribution is 5.79. The van der Waals surface area contributed by atoms with E-state index in [0.717, 1.165) is 17.5 Å². The number of ether oxygens (including phenoxy) is 1. The molecule has 0 heterocycles. The van der Waals surface area contributed by atoms with E-state index in [9.17, 15) is 9.59 Å². The molecule has 0 bridgehead atoms. The van der Waals surface area contributed by atoms with Crippen LogP contribution in [0.2, 0.25) is 0 Å². The fourth-order valence-corrected chi connectivity index (χ4v) is 2.51. The second-order valence-corrected chi connectivity index (χ2v) is 5.77. The molecule has 0 aromatic heterocycles. The van der Waals surface area contributed by atoms with Gasteiger partial charge < -0.3 is 15.4 Å². The highest BCUT2D eigenvalue weighted by Crippen LogP contribution is 2.18.